The van der Waals surface area contributed by atoms with Crippen molar-refractivity contribution in [1.29, 1.82) is 0 Å². The molecule has 2 heteroatoms. The van der Waals surface area contributed by atoms with E-state index < -0.39 is 0 Å². The highest BCUT2D eigenvalue weighted by Crippen LogP contribution is 2.23. The zero-order chi connectivity index (χ0) is 13.7. The first-order valence-corrected chi connectivity index (χ1v) is 7.53. The fraction of sp³-hybridized carbons (Fsp3) is 0.294. The molecule has 1 atom stereocenters. The monoisotopic (exact) mass is 317 g/mol. The van der Waals surface area contributed by atoms with Crippen LogP contribution in [0.3, 0.4) is 0 Å². The van der Waals surface area contributed by atoms with E-state index in [0.29, 0.717) is 6.04 Å². The van der Waals surface area contributed by atoms with Crippen molar-refractivity contribution in [3.8, 4) is 0 Å². The van der Waals surface area contributed by atoms with E-state index in [9.17, 15) is 0 Å². The van der Waals surface area contributed by atoms with Crippen LogP contribution < -0.4 is 5.32 Å². The molecule has 0 saturated heterocycles. The average molecular weight is 318 g/mol. The summed E-state index contributed by atoms with van der Waals surface area (Å²) in [7, 11) is 0. The van der Waals surface area contributed by atoms with E-state index in [1.807, 2.05) is 0 Å². The summed E-state index contributed by atoms with van der Waals surface area (Å²) in [5.74, 6) is 0. The zero-order valence-corrected chi connectivity index (χ0v) is 13.1. The third-order valence-corrected chi connectivity index (χ3v) is 3.84. The highest BCUT2D eigenvalue weighted by Gasteiger charge is 2.13. The van der Waals surface area contributed by atoms with E-state index in [-0.39, 0.29) is 0 Å². The molecule has 0 radical (unpaired) electrons. The molecule has 0 aromatic heterocycles. The third-order valence-electron chi connectivity index (χ3n) is 3.34. The Morgan fingerprint density at radius 3 is 2.58 bits per heavy atom. The molecular formula is C17H20BrN. The molecule has 2 aromatic rings. The van der Waals surface area contributed by atoms with Crippen LogP contribution in [-0.2, 0) is 6.42 Å². The number of hydrogen-bond acceptors (Lipinski definition) is 1. The summed E-state index contributed by atoms with van der Waals surface area (Å²) in [4.78, 5) is 0. The molecule has 0 amide bonds. The van der Waals surface area contributed by atoms with Gasteiger partial charge in [0.25, 0.3) is 0 Å². The summed E-state index contributed by atoms with van der Waals surface area (Å²) in [5, 5.41) is 3.59. The second-order valence-electron chi connectivity index (χ2n) is 4.80. The van der Waals surface area contributed by atoms with Crippen molar-refractivity contribution in [1.82, 2.24) is 5.32 Å². The topological polar surface area (TPSA) is 12.0 Å². The highest BCUT2D eigenvalue weighted by atomic mass is 79.9. The second kappa shape index (κ2) is 6.88. The fourth-order valence-corrected chi connectivity index (χ4v) is 2.86. The Labute approximate surface area is 124 Å². The molecule has 0 heterocycles. The minimum atomic E-state index is 0.375. The van der Waals surface area contributed by atoms with Crippen LogP contribution in [-0.4, -0.2) is 6.54 Å². The van der Waals surface area contributed by atoms with Crippen LogP contribution in [0.2, 0.25) is 0 Å². The van der Waals surface area contributed by atoms with E-state index in [0.717, 1.165) is 17.4 Å². The first-order valence-electron chi connectivity index (χ1n) is 6.74. The molecule has 0 spiro atoms. The maximum absolute atomic E-state index is 3.59. The predicted molar refractivity (Wildman–Crippen MR) is 85.4 cm³/mol. The Hall–Kier alpha value is -1.12. The molecule has 0 aliphatic heterocycles. The fourth-order valence-electron chi connectivity index (χ4n) is 2.42. The van der Waals surface area contributed by atoms with Crippen molar-refractivity contribution in [2.24, 2.45) is 0 Å². The van der Waals surface area contributed by atoms with Crippen LogP contribution in [0.15, 0.2) is 53.0 Å². The Bertz CT molecular complexity index is 536. The van der Waals surface area contributed by atoms with Gasteiger partial charge in [-0.15, -0.1) is 0 Å². The summed E-state index contributed by atoms with van der Waals surface area (Å²) in [6.45, 7) is 5.32. The number of likely N-dealkylation sites (N-methyl/N-ethyl adjacent to an activating group) is 1. The molecule has 0 bridgehead atoms. The lowest BCUT2D eigenvalue weighted by molar-refractivity contribution is 0.547. The largest absolute Gasteiger partial charge is 0.310 e. The van der Waals surface area contributed by atoms with Crippen LogP contribution in [0, 0.1) is 6.92 Å². The number of halogens is 1. The molecule has 2 aromatic carbocycles. The number of rotatable bonds is 5. The number of hydrogen-bond donors (Lipinski definition) is 1. The Kier molecular flexibility index (Phi) is 5.17. The van der Waals surface area contributed by atoms with E-state index in [2.05, 4.69) is 83.6 Å². The minimum absolute atomic E-state index is 0.375. The molecule has 0 fully saturated rings. The lowest BCUT2D eigenvalue weighted by atomic mass is 9.95. The molecule has 0 saturated carbocycles. The van der Waals surface area contributed by atoms with Crippen molar-refractivity contribution in [3.05, 3.63) is 69.7 Å². The Balaban J connectivity index is 2.24. The van der Waals surface area contributed by atoms with Gasteiger partial charge in [-0.25, -0.2) is 0 Å². The first-order chi connectivity index (χ1) is 9.20. The van der Waals surface area contributed by atoms with Crippen molar-refractivity contribution in [3.63, 3.8) is 0 Å². The summed E-state index contributed by atoms with van der Waals surface area (Å²) in [6, 6.07) is 17.5. The van der Waals surface area contributed by atoms with Gasteiger partial charge < -0.3 is 5.32 Å². The third kappa shape index (κ3) is 3.92. The smallest absolute Gasteiger partial charge is 0.0363 e. The summed E-state index contributed by atoms with van der Waals surface area (Å²) < 4.78 is 1.14. The molecule has 1 N–H and O–H groups in total. The van der Waals surface area contributed by atoms with Gasteiger partial charge in [0.05, 0.1) is 0 Å². The lowest BCUT2D eigenvalue weighted by Crippen LogP contribution is -2.23. The van der Waals surface area contributed by atoms with E-state index >= 15 is 0 Å². The van der Waals surface area contributed by atoms with Gasteiger partial charge in [0, 0.05) is 10.5 Å². The van der Waals surface area contributed by atoms with Crippen LogP contribution in [0.4, 0.5) is 0 Å². The van der Waals surface area contributed by atoms with Gasteiger partial charge in [-0.3, -0.25) is 0 Å². The molecule has 2 rings (SSSR count). The second-order valence-corrected chi connectivity index (χ2v) is 5.72. The molecule has 1 nitrogen and oxygen atoms in total. The van der Waals surface area contributed by atoms with Crippen LogP contribution in [0.25, 0.3) is 0 Å². The first kappa shape index (κ1) is 14.3. The Morgan fingerprint density at radius 2 is 1.89 bits per heavy atom. The maximum atomic E-state index is 3.59. The van der Waals surface area contributed by atoms with Gasteiger partial charge in [0.1, 0.15) is 0 Å². The number of nitrogens with one attached hydrogen (secondary N) is 1. The molecule has 0 aliphatic carbocycles. The van der Waals surface area contributed by atoms with Gasteiger partial charge in [-0.2, -0.15) is 0 Å². The highest BCUT2D eigenvalue weighted by molar-refractivity contribution is 9.10. The maximum Gasteiger partial charge on any atom is 0.0363 e. The molecule has 100 valence electrons. The summed E-state index contributed by atoms with van der Waals surface area (Å²) in [5.41, 5.74) is 4.09. The van der Waals surface area contributed by atoms with Gasteiger partial charge in [-0.05, 0) is 48.7 Å². The van der Waals surface area contributed by atoms with Gasteiger partial charge in [0.2, 0.25) is 0 Å². The standard InChI is InChI=1S/C17H20BrN/c1-3-19-17(16-10-5-4-7-13(16)2)12-14-8-6-9-15(18)11-14/h4-11,17,19H,3,12H2,1-2H3. The summed E-state index contributed by atoms with van der Waals surface area (Å²) in [6.07, 6.45) is 1.01. The molecule has 1 unspecified atom stereocenters. The van der Waals surface area contributed by atoms with E-state index in [1.165, 1.54) is 16.7 Å². The number of aryl methyl sites for hydroxylation is 1. The molecular weight excluding hydrogens is 298 g/mol. The van der Waals surface area contributed by atoms with Crippen LogP contribution >= 0.6 is 15.9 Å². The lowest BCUT2D eigenvalue weighted by Gasteiger charge is -2.20. The van der Waals surface area contributed by atoms with Crippen LogP contribution in [0.1, 0.15) is 29.7 Å². The number of benzene rings is 2. The van der Waals surface area contributed by atoms with E-state index in [1.54, 1.807) is 0 Å². The summed E-state index contributed by atoms with van der Waals surface area (Å²) >= 11 is 3.54. The van der Waals surface area contributed by atoms with E-state index in [4.69, 9.17) is 0 Å². The average Bonchev–Trinajstić information content (AvgIpc) is 2.39. The minimum Gasteiger partial charge on any atom is -0.310 e. The van der Waals surface area contributed by atoms with Crippen molar-refractivity contribution in [2.75, 3.05) is 6.54 Å². The quantitative estimate of drug-likeness (QED) is 0.846. The van der Waals surface area contributed by atoms with Crippen molar-refractivity contribution < 1.29 is 0 Å². The van der Waals surface area contributed by atoms with Gasteiger partial charge >= 0.3 is 0 Å². The Morgan fingerprint density at radius 1 is 1.11 bits per heavy atom. The SMILES string of the molecule is CCNC(Cc1cccc(Br)c1)c1ccccc1C. The molecule has 0 aliphatic rings. The zero-order valence-electron chi connectivity index (χ0n) is 11.5. The van der Waals surface area contributed by atoms with Crippen molar-refractivity contribution in [2.45, 2.75) is 26.3 Å². The molecule has 19 heavy (non-hydrogen) atoms. The van der Waals surface area contributed by atoms with Crippen molar-refractivity contribution >= 4 is 15.9 Å². The van der Waals surface area contributed by atoms with Gasteiger partial charge in [0.15, 0.2) is 0 Å². The van der Waals surface area contributed by atoms with Gasteiger partial charge in [-0.1, -0.05) is 59.3 Å². The normalized spacial score (nSPS) is 12.4. The van der Waals surface area contributed by atoms with Crippen LogP contribution in [0.5, 0.6) is 0 Å². The predicted octanol–water partition coefficient (Wildman–Crippen LogP) is 4.65.